The highest BCUT2D eigenvalue weighted by atomic mass is 16.6. The van der Waals surface area contributed by atoms with E-state index < -0.39 is 11.7 Å². The minimum Gasteiger partial charge on any atom is -0.493 e. The highest BCUT2D eigenvalue weighted by Crippen LogP contribution is 2.35. The molecule has 0 atom stereocenters. The Morgan fingerprint density at radius 2 is 1.62 bits per heavy atom. The lowest BCUT2D eigenvalue weighted by Crippen LogP contribution is -2.41. The molecule has 2 aromatic heterocycles. The average molecular weight is 574 g/mol. The fraction of sp³-hybridized carbons (Fsp3) is 0.323. The summed E-state index contributed by atoms with van der Waals surface area (Å²) in [5.41, 5.74) is 1.38. The van der Waals surface area contributed by atoms with E-state index in [0.717, 1.165) is 5.56 Å². The van der Waals surface area contributed by atoms with E-state index in [9.17, 15) is 9.59 Å². The lowest BCUT2D eigenvalue weighted by Gasteiger charge is -2.30. The molecule has 1 N–H and O–H groups in total. The number of fused-ring (bicyclic) bond motifs is 1. The van der Waals surface area contributed by atoms with Gasteiger partial charge in [-0.1, -0.05) is 12.1 Å². The molecular formula is C31H35N5O6. The van der Waals surface area contributed by atoms with Crippen molar-refractivity contribution < 1.29 is 28.5 Å². The van der Waals surface area contributed by atoms with Crippen LogP contribution < -0.4 is 24.4 Å². The van der Waals surface area contributed by atoms with E-state index in [1.807, 2.05) is 34.6 Å². The van der Waals surface area contributed by atoms with Gasteiger partial charge < -0.3 is 24.3 Å². The second kappa shape index (κ2) is 12.7. The van der Waals surface area contributed by atoms with E-state index in [0.29, 0.717) is 45.5 Å². The van der Waals surface area contributed by atoms with E-state index in [4.69, 9.17) is 18.9 Å². The zero-order valence-electron chi connectivity index (χ0n) is 24.8. The topological polar surface area (TPSA) is 125 Å². The van der Waals surface area contributed by atoms with E-state index in [2.05, 4.69) is 20.3 Å². The van der Waals surface area contributed by atoms with Gasteiger partial charge in [-0.15, -0.1) is 0 Å². The molecule has 2 aromatic carbocycles. The Kier molecular flexibility index (Phi) is 9.09. The minimum absolute atomic E-state index is 0.132. The first-order valence-corrected chi connectivity index (χ1v) is 13.4. The molecule has 0 aliphatic carbocycles. The predicted molar refractivity (Wildman–Crippen MR) is 160 cm³/mol. The number of benzene rings is 2. The first-order chi connectivity index (χ1) is 20.0. The number of hydrogen-bond donors (Lipinski definition) is 1. The molecule has 4 aromatic rings. The number of ether oxygens (including phenoxy) is 4. The van der Waals surface area contributed by atoms with E-state index >= 15 is 0 Å². The van der Waals surface area contributed by atoms with Gasteiger partial charge in [-0.2, -0.15) is 0 Å². The van der Waals surface area contributed by atoms with Gasteiger partial charge in [-0.05, 0) is 70.5 Å². The summed E-state index contributed by atoms with van der Waals surface area (Å²) in [6.45, 7) is 9.23. The first kappa shape index (κ1) is 30.0. The Morgan fingerprint density at radius 3 is 2.21 bits per heavy atom. The van der Waals surface area contributed by atoms with Crippen LogP contribution in [0.3, 0.4) is 0 Å². The highest BCUT2D eigenvalue weighted by Gasteiger charge is 2.26. The summed E-state index contributed by atoms with van der Waals surface area (Å²) in [7, 11) is 3.12. The molecule has 0 aliphatic rings. The number of aromatic nitrogens is 3. The third-order valence-corrected chi connectivity index (χ3v) is 6.01. The first-order valence-electron chi connectivity index (χ1n) is 13.4. The van der Waals surface area contributed by atoms with Crippen LogP contribution in [0.4, 0.5) is 16.3 Å². The van der Waals surface area contributed by atoms with Crippen LogP contribution in [0.15, 0.2) is 61.1 Å². The SMILES string of the molecule is COc1cc2ncnc(Oc3ccc(CC(=O)Nc4ccc(N(C(=O)OC(C)(C)C)C(C)C)cn4)cc3)c2cc1OC. The lowest BCUT2D eigenvalue weighted by molar-refractivity contribution is -0.115. The van der Waals surface area contributed by atoms with Gasteiger partial charge in [0.15, 0.2) is 11.5 Å². The van der Waals surface area contributed by atoms with Gasteiger partial charge in [-0.25, -0.2) is 19.7 Å². The van der Waals surface area contributed by atoms with Crippen molar-refractivity contribution in [2.24, 2.45) is 0 Å². The largest absolute Gasteiger partial charge is 0.493 e. The number of pyridine rings is 1. The Hall–Kier alpha value is -4.93. The molecule has 220 valence electrons. The van der Waals surface area contributed by atoms with Crippen LogP contribution >= 0.6 is 0 Å². The second-order valence-electron chi connectivity index (χ2n) is 10.7. The maximum atomic E-state index is 12.7. The molecule has 0 saturated heterocycles. The van der Waals surface area contributed by atoms with Crippen LogP contribution in [0, 0.1) is 0 Å². The Balaban J connectivity index is 1.39. The summed E-state index contributed by atoms with van der Waals surface area (Å²) >= 11 is 0. The fourth-order valence-electron chi connectivity index (χ4n) is 4.13. The number of amides is 2. The van der Waals surface area contributed by atoms with Gasteiger partial charge in [-0.3, -0.25) is 9.69 Å². The monoisotopic (exact) mass is 573 g/mol. The second-order valence-corrected chi connectivity index (χ2v) is 10.7. The van der Waals surface area contributed by atoms with E-state index in [1.165, 1.54) is 17.4 Å². The number of rotatable bonds is 9. The molecule has 2 heterocycles. The number of anilines is 2. The van der Waals surface area contributed by atoms with Crippen LogP contribution in [0.1, 0.15) is 40.2 Å². The summed E-state index contributed by atoms with van der Waals surface area (Å²) in [4.78, 5) is 39.8. The summed E-state index contributed by atoms with van der Waals surface area (Å²) in [6.07, 6.45) is 2.62. The Labute approximate surface area is 244 Å². The molecule has 42 heavy (non-hydrogen) atoms. The van der Waals surface area contributed by atoms with Crippen molar-refractivity contribution in [2.45, 2.75) is 52.7 Å². The molecule has 11 heteroatoms. The Bertz CT molecular complexity index is 1550. The van der Waals surface area contributed by atoms with Gasteiger partial charge in [0.2, 0.25) is 11.8 Å². The molecular weight excluding hydrogens is 538 g/mol. The van der Waals surface area contributed by atoms with Crippen LogP contribution in [0.5, 0.6) is 23.1 Å². The molecule has 11 nitrogen and oxygen atoms in total. The van der Waals surface area contributed by atoms with Gasteiger partial charge >= 0.3 is 6.09 Å². The third-order valence-electron chi connectivity index (χ3n) is 6.01. The molecule has 0 bridgehead atoms. The van der Waals surface area contributed by atoms with Gasteiger partial charge in [0.25, 0.3) is 0 Å². The van der Waals surface area contributed by atoms with Crippen molar-refractivity contribution >= 4 is 34.4 Å². The molecule has 4 rings (SSSR count). The zero-order valence-corrected chi connectivity index (χ0v) is 24.8. The quantitative estimate of drug-likeness (QED) is 0.250. The summed E-state index contributed by atoms with van der Waals surface area (Å²) in [5, 5.41) is 3.46. The maximum absolute atomic E-state index is 12.7. The number of methoxy groups -OCH3 is 2. The lowest BCUT2D eigenvalue weighted by atomic mass is 10.1. The predicted octanol–water partition coefficient (Wildman–Crippen LogP) is 6.17. The van der Waals surface area contributed by atoms with Crippen LogP contribution in [-0.4, -0.2) is 52.8 Å². The standard InChI is InChI=1S/C31H35N5O6/c1-19(2)36(30(38)42-31(3,4)5)21-10-13-27(32-17-21)35-28(37)14-20-8-11-22(12-9-20)41-29-23-15-25(39-6)26(40-7)16-24(23)33-18-34-29/h8-13,15-19H,14H2,1-7H3,(H,32,35,37). The van der Waals surface area contributed by atoms with Crippen molar-refractivity contribution in [1.29, 1.82) is 0 Å². The van der Waals surface area contributed by atoms with E-state index in [1.54, 1.807) is 62.8 Å². The van der Waals surface area contributed by atoms with Gasteiger partial charge in [0.05, 0.1) is 43.4 Å². The number of carbonyl (C=O) groups is 2. The molecule has 0 unspecified atom stereocenters. The zero-order chi connectivity index (χ0) is 30.4. The van der Waals surface area contributed by atoms with Crippen molar-refractivity contribution in [3.8, 4) is 23.1 Å². The third kappa shape index (κ3) is 7.42. The van der Waals surface area contributed by atoms with Crippen molar-refractivity contribution in [2.75, 3.05) is 24.4 Å². The molecule has 0 radical (unpaired) electrons. The number of nitrogens with one attached hydrogen (secondary N) is 1. The van der Waals surface area contributed by atoms with E-state index in [-0.39, 0.29) is 18.4 Å². The van der Waals surface area contributed by atoms with Crippen LogP contribution in [0.25, 0.3) is 10.9 Å². The number of hydrogen-bond acceptors (Lipinski definition) is 9. The Morgan fingerprint density at radius 1 is 0.929 bits per heavy atom. The maximum Gasteiger partial charge on any atom is 0.415 e. The number of carbonyl (C=O) groups excluding carboxylic acids is 2. The van der Waals surface area contributed by atoms with Crippen molar-refractivity contribution in [3.05, 3.63) is 66.6 Å². The smallest absolute Gasteiger partial charge is 0.415 e. The highest BCUT2D eigenvalue weighted by molar-refractivity contribution is 5.92. The van der Waals surface area contributed by atoms with Crippen LogP contribution in [0.2, 0.25) is 0 Å². The number of nitrogens with zero attached hydrogens (tertiary/aromatic N) is 4. The summed E-state index contributed by atoms with van der Waals surface area (Å²) < 4.78 is 22.3. The fourth-order valence-corrected chi connectivity index (χ4v) is 4.13. The van der Waals surface area contributed by atoms with Gasteiger partial charge in [0.1, 0.15) is 23.5 Å². The molecule has 0 aliphatic heterocycles. The van der Waals surface area contributed by atoms with Gasteiger partial charge in [0, 0.05) is 12.1 Å². The normalized spacial score (nSPS) is 11.2. The van der Waals surface area contributed by atoms with Crippen LogP contribution in [-0.2, 0) is 16.0 Å². The average Bonchev–Trinajstić information content (AvgIpc) is 2.93. The molecule has 0 saturated carbocycles. The molecule has 0 fully saturated rings. The van der Waals surface area contributed by atoms with Crippen molar-refractivity contribution in [3.63, 3.8) is 0 Å². The minimum atomic E-state index is -0.622. The van der Waals surface area contributed by atoms with Crippen molar-refractivity contribution in [1.82, 2.24) is 15.0 Å². The summed E-state index contributed by atoms with van der Waals surface area (Å²) in [6, 6.07) is 13.9. The molecule has 0 spiro atoms. The molecule has 2 amide bonds. The summed E-state index contributed by atoms with van der Waals surface area (Å²) in [5.74, 6) is 2.14.